The Kier molecular flexibility index (Phi) is 6.26. The zero-order valence-electron chi connectivity index (χ0n) is 15.6. The number of fused-ring (bicyclic) bond motifs is 1. The summed E-state index contributed by atoms with van der Waals surface area (Å²) in [4.78, 5) is 10.3. The van der Waals surface area contributed by atoms with E-state index in [0.29, 0.717) is 0 Å². The van der Waals surface area contributed by atoms with Gasteiger partial charge in [0.25, 0.3) is 0 Å². The Balaban J connectivity index is 1.94. The summed E-state index contributed by atoms with van der Waals surface area (Å²) in [6, 6.07) is 8.42. The van der Waals surface area contributed by atoms with Gasteiger partial charge in [-0.25, -0.2) is 0 Å². The van der Waals surface area contributed by atoms with Gasteiger partial charge < -0.3 is 20.5 Å². The molecule has 0 saturated heterocycles. The number of aromatic nitrogens is 1. The first-order valence-electron chi connectivity index (χ1n) is 8.68. The molecule has 132 valence electrons. The number of likely N-dealkylation sites (N-methyl/N-ethyl adjacent to an activating group) is 1. The summed E-state index contributed by atoms with van der Waals surface area (Å²) in [5.74, 6) is 0.882. The van der Waals surface area contributed by atoms with Gasteiger partial charge in [-0.05, 0) is 52.9 Å². The van der Waals surface area contributed by atoms with Crippen LogP contribution in [-0.4, -0.2) is 55.1 Å². The third-order valence-electron chi connectivity index (χ3n) is 4.54. The van der Waals surface area contributed by atoms with E-state index in [2.05, 4.69) is 85.8 Å². The lowest BCUT2D eigenvalue weighted by molar-refractivity contribution is 0.204. The van der Waals surface area contributed by atoms with E-state index < -0.39 is 0 Å². The second-order valence-corrected chi connectivity index (χ2v) is 6.94. The molecule has 0 saturated carbocycles. The highest BCUT2D eigenvalue weighted by molar-refractivity contribution is 5.83. The first kappa shape index (κ1) is 18.3. The third kappa shape index (κ3) is 4.74. The van der Waals surface area contributed by atoms with E-state index in [1.807, 2.05) is 0 Å². The normalized spacial score (nSPS) is 12.8. The molecule has 0 fully saturated rings. The first-order chi connectivity index (χ1) is 11.4. The average Bonchev–Trinajstić information content (AvgIpc) is 2.96. The van der Waals surface area contributed by atoms with Crippen molar-refractivity contribution in [3.8, 4) is 0 Å². The number of nitrogens with one attached hydrogen (secondary N) is 3. The zero-order chi connectivity index (χ0) is 17.6. The Hall–Kier alpha value is -2.01. The van der Waals surface area contributed by atoms with Crippen LogP contribution in [0.15, 0.2) is 35.5 Å². The minimum Gasteiger partial charge on any atom is -0.361 e. The highest BCUT2D eigenvalue weighted by Crippen LogP contribution is 2.17. The summed E-state index contributed by atoms with van der Waals surface area (Å²) >= 11 is 0. The van der Waals surface area contributed by atoms with E-state index in [-0.39, 0.29) is 5.54 Å². The van der Waals surface area contributed by atoms with E-state index >= 15 is 0 Å². The SMILES string of the molecule is CCNC(=NCC(C)(C)N(C)C)NCCc1c[nH]c2ccccc12. The molecule has 2 rings (SSSR count). The lowest BCUT2D eigenvalue weighted by atomic mass is 10.1. The van der Waals surface area contributed by atoms with E-state index in [9.17, 15) is 0 Å². The van der Waals surface area contributed by atoms with Crippen LogP contribution in [0.2, 0.25) is 0 Å². The van der Waals surface area contributed by atoms with Crippen LogP contribution in [0.1, 0.15) is 26.3 Å². The van der Waals surface area contributed by atoms with Crippen molar-refractivity contribution in [2.75, 3.05) is 33.7 Å². The largest absolute Gasteiger partial charge is 0.361 e. The maximum atomic E-state index is 4.73. The minimum absolute atomic E-state index is 0.0409. The molecular formula is C19H31N5. The van der Waals surface area contributed by atoms with Crippen molar-refractivity contribution in [2.24, 2.45) is 4.99 Å². The molecule has 0 atom stereocenters. The minimum atomic E-state index is 0.0409. The monoisotopic (exact) mass is 329 g/mol. The maximum Gasteiger partial charge on any atom is 0.191 e. The first-order valence-corrected chi connectivity index (χ1v) is 8.68. The van der Waals surface area contributed by atoms with E-state index in [0.717, 1.165) is 32.0 Å². The molecular weight excluding hydrogens is 298 g/mol. The molecule has 0 radical (unpaired) electrons. The van der Waals surface area contributed by atoms with Crippen molar-refractivity contribution in [1.29, 1.82) is 0 Å². The van der Waals surface area contributed by atoms with Crippen molar-refractivity contribution < 1.29 is 0 Å². The molecule has 5 nitrogen and oxygen atoms in total. The standard InChI is InChI=1S/C19H31N5/c1-6-20-18(23-14-19(2,3)24(4)5)21-12-11-15-13-22-17-10-8-7-9-16(15)17/h7-10,13,22H,6,11-12,14H2,1-5H3,(H2,20,21,23). The van der Waals surface area contributed by atoms with Crippen LogP contribution in [0.5, 0.6) is 0 Å². The van der Waals surface area contributed by atoms with Gasteiger partial charge in [-0.2, -0.15) is 0 Å². The number of hydrogen-bond acceptors (Lipinski definition) is 2. The molecule has 2 aromatic rings. The van der Waals surface area contributed by atoms with Crippen LogP contribution >= 0.6 is 0 Å². The Morgan fingerprint density at radius 3 is 2.67 bits per heavy atom. The number of benzene rings is 1. The number of H-pyrrole nitrogens is 1. The van der Waals surface area contributed by atoms with Gasteiger partial charge in [0.1, 0.15) is 0 Å². The molecule has 0 amide bonds. The van der Waals surface area contributed by atoms with Crippen LogP contribution in [0.4, 0.5) is 0 Å². The van der Waals surface area contributed by atoms with Crippen molar-refractivity contribution in [3.63, 3.8) is 0 Å². The molecule has 0 aliphatic carbocycles. The number of para-hydroxylation sites is 1. The van der Waals surface area contributed by atoms with Gasteiger partial charge >= 0.3 is 0 Å². The lowest BCUT2D eigenvalue weighted by Crippen LogP contribution is -2.44. The fourth-order valence-electron chi connectivity index (χ4n) is 2.41. The van der Waals surface area contributed by atoms with Crippen LogP contribution in [-0.2, 0) is 6.42 Å². The average molecular weight is 329 g/mol. The lowest BCUT2D eigenvalue weighted by Gasteiger charge is -2.31. The summed E-state index contributed by atoms with van der Waals surface area (Å²) in [5.41, 5.74) is 2.57. The predicted molar refractivity (Wildman–Crippen MR) is 104 cm³/mol. The van der Waals surface area contributed by atoms with Crippen molar-refractivity contribution in [2.45, 2.75) is 32.7 Å². The smallest absolute Gasteiger partial charge is 0.191 e. The molecule has 0 unspecified atom stereocenters. The maximum absolute atomic E-state index is 4.73. The molecule has 0 spiro atoms. The van der Waals surface area contributed by atoms with Gasteiger partial charge in [0.2, 0.25) is 0 Å². The molecule has 1 aromatic heterocycles. The molecule has 3 N–H and O–H groups in total. The van der Waals surface area contributed by atoms with Crippen LogP contribution in [0.3, 0.4) is 0 Å². The molecule has 24 heavy (non-hydrogen) atoms. The molecule has 0 aliphatic rings. The molecule has 0 aliphatic heterocycles. The number of aliphatic imine (C=N–C) groups is 1. The molecule has 5 heteroatoms. The predicted octanol–water partition coefficient (Wildman–Crippen LogP) is 2.61. The van der Waals surface area contributed by atoms with Crippen LogP contribution in [0, 0.1) is 0 Å². The second kappa shape index (κ2) is 8.20. The topological polar surface area (TPSA) is 55.5 Å². The van der Waals surface area contributed by atoms with Gasteiger partial charge in [0.15, 0.2) is 5.96 Å². The van der Waals surface area contributed by atoms with Crippen LogP contribution < -0.4 is 10.6 Å². The molecule has 1 aromatic carbocycles. The molecule has 1 heterocycles. The van der Waals surface area contributed by atoms with Crippen molar-refractivity contribution in [3.05, 3.63) is 36.0 Å². The Morgan fingerprint density at radius 1 is 1.21 bits per heavy atom. The third-order valence-corrected chi connectivity index (χ3v) is 4.54. The number of nitrogens with zero attached hydrogens (tertiary/aromatic N) is 2. The van der Waals surface area contributed by atoms with Gasteiger partial charge in [0, 0.05) is 35.7 Å². The Bertz CT molecular complexity index is 669. The van der Waals surface area contributed by atoms with E-state index in [1.54, 1.807) is 0 Å². The summed E-state index contributed by atoms with van der Waals surface area (Å²) in [7, 11) is 4.18. The van der Waals surface area contributed by atoms with Gasteiger partial charge in [-0.3, -0.25) is 4.99 Å². The highest BCUT2D eigenvalue weighted by Gasteiger charge is 2.19. The highest BCUT2D eigenvalue weighted by atomic mass is 15.2. The number of aromatic amines is 1. The fraction of sp³-hybridized carbons (Fsp3) is 0.526. The van der Waals surface area contributed by atoms with Crippen molar-refractivity contribution >= 4 is 16.9 Å². The second-order valence-electron chi connectivity index (χ2n) is 6.94. The number of guanidine groups is 1. The Labute approximate surface area is 145 Å². The molecule has 0 bridgehead atoms. The van der Waals surface area contributed by atoms with E-state index in [4.69, 9.17) is 4.99 Å². The quantitative estimate of drug-likeness (QED) is 0.541. The summed E-state index contributed by atoms with van der Waals surface area (Å²) in [5, 5.41) is 8.07. The number of rotatable bonds is 7. The van der Waals surface area contributed by atoms with Crippen molar-refractivity contribution in [1.82, 2.24) is 20.5 Å². The van der Waals surface area contributed by atoms with E-state index in [1.165, 1.54) is 16.5 Å². The summed E-state index contributed by atoms with van der Waals surface area (Å²) < 4.78 is 0. The van der Waals surface area contributed by atoms with Crippen LogP contribution in [0.25, 0.3) is 10.9 Å². The summed E-state index contributed by atoms with van der Waals surface area (Å²) in [6.45, 7) is 8.96. The van der Waals surface area contributed by atoms with Gasteiger partial charge in [-0.1, -0.05) is 18.2 Å². The zero-order valence-corrected chi connectivity index (χ0v) is 15.6. The summed E-state index contributed by atoms with van der Waals surface area (Å²) in [6.07, 6.45) is 3.07. The fourth-order valence-corrected chi connectivity index (χ4v) is 2.41. The van der Waals surface area contributed by atoms with Gasteiger partial charge in [-0.15, -0.1) is 0 Å². The van der Waals surface area contributed by atoms with Gasteiger partial charge in [0.05, 0.1) is 6.54 Å². The Morgan fingerprint density at radius 2 is 1.96 bits per heavy atom. The number of hydrogen-bond donors (Lipinski definition) is 3.